The molecule has 0 fully saturated rings. The molecule has 2 rings (SSSR count). The van der Waals surface area contributed by atoms with Crippen molar-refractivity contribution in [3.8, 4) is 11.5 Å². The summed E-state index contributed by atoms with van der Waals surface area (Å²) in [5.41, 5.74) is 6.45. The van der Waals surface area contributed by atoms with E-state index in [0.29, 0.717) is 24.1 Å². The number of phenolic OH excluding ortho intramolecular Hbond substituents is 1. The average molecular weight is 449 g/mol. The first-order valence-electron chi connectivity index (χ1n) is 9.78. The van der Waals surface area contributed by atoms with E-state index in [9.17, 15) is 18.3 Å². The van der Waals surface area contributed by atoms with Crippen LogP contribution >= 0.6 is 0 Å². The molecule has 0 saturated carbocycles. The highest BCUT2D eigenvalue weighted by Gasteiger charge is 2.33. The van der Waals surface area contributed by atoms with Crippen molar-refractivity contribution in [2.75, 3.05) is 18.1 Å². The lowest BCUT2D eigenvalue weighted by Gasteiger charge is -2.26. The molecule has 10 heteroatoms. The van der Waals surface area contributed by atoms with Crippen LogP contribution in [0.4, 0.5) is 5.69 Å². The molecule has 0 aliphatic carbocycles. The van der Waals surface area contributed by atoms with E-state index in [4.69, 9.17) is 15.9 Å². The summed E-state index contributed by atoms with van der Waals surface area (Å²) in [7, 11) is -2.32. The number of nitrogens with one attached hydrogen (secondary N) is 2. The number of benzene rings is 2. The second-order valence-corrected chi connectivity index (χ2v) is 9.21. The second kappa shape index (κ2) is 10.8. The molecular formula is C21H28N4O5S. The summed E-state index contributed by atoms with van der Waals surface area (Å²) in [5, 5.41) is 19.4. The van der Waals surface area contributed by atoms with E-state index in [1.54, 1.807) is 30.3 Å². The highest BCUT2D eigenvalue weighted by Crippen LogP contribution is 2.21. The summed E-state index contributed by atoms with van der Waals surface area (Å²) in [6, 6.07) is 11.4. The number of phenols is 1. The van der Waals surface area contributed by atoms with Gasteiger partial charge in [-0.2, -0.15) is 4.31 Å². The third kappa shape index (κ3) is 7.26. The van der Waals surface area contributed by atoms with Gasteiger partial charge in [-0.15, -0.1) is 0 Å². The lowest BCUT2D eigenvalue weighted by molar-refractivity contribution is -0.138. The molecule has 168 valence electrons. The maximum absolute atomic E-state index is 13.0. The molecule has 2 aromatic rings. The number of aromatic hydroxyl groups is 1. The summed E-state index contributed by atoms with van der Waals surface area (Å²) >= 11 is 0. The Hall–Kier alpha value is -3.11. The summed E-state index contributed by atoms with van der Waals surface area (Å²) in [6.45, 7) is 1.89. The predicted molar refractivity (Wildman–Crippen MR) is 120 cm³/mol. The van der Waals surface area contributed by atoms with Gasteiger partial charge in [0, 0.05) is 18.8 Å². The van der Waals surface area contributed by atoms with Crippen LogP contribution in [-0.4, -0.2) is 48.6 Å². The van der Waals surface area contributed by atoms with E-state index in [-0.39, 0.29) is 29.6 Å². The van der Waals surface area contributed by atoms with Gasteiger partial charge in [-0.05, 0) is 42.7 Å². The topological polar surface area (TPSA) is 146 Å². The Morgan fingerprint density at radius 3 is 2.55 bits per heavy atom. The number of anilines is 1. The fourth-order valence-electron chi connectivity index (χ4n) is 2.86. The first-order valence-corrected chi connectivity index (χ1v) is 11.4. The van der Waals surface area contributed by atoms with Gasteiger partial charge in [0.1, 0.15) is 17.5 Å². The molecule has 1 atom stereocenters. The first kappa shape index (κ1) is 24.2. The van der Waals surface area contributed by atoms with E-state index in [0.717, 1.165) is 4.31 Å². The number of sulfonamides is 1. The maximum atomic E-state index is 13.0. The minimum Gasteiger partial charge on any atom is -0.508 e. The first-order chi connectivity index (χ1) is 14.6. The normalized spacial score (nSPS) is 12.4. The summed E-state index contributed by atoms with van der Waals surface area (Å²) in [5.74, 6) is -0.823. The van der Waals surface area contributed by atoms with E-state index in [1.807, 2.05) is 6.92 Å². The number of esters is 1. The molecule has 0 amide bonds. The van der Waals surface area contributed by atoms with Crippen LogP contribution in [-0.2, 0) is 21.2 Å². The Balaban J connectivity index is 2.29. The molecule has 2 aromatic carbocycles. The number of unbranched alkanes of at least 4 members (excludes halogenated alkanes) is 1. The Kier molecular flexibility index (Phi) is 8.40. The van der Waals surface area contributed by atoms with Crippen LogP contribution in [0.1, 0.15) is 25.3 Å². The van der Waals surface area contributed by atoms with Gasteiger partial charge in [-0.25, -0.2) is 13.2 Å². The number of hydrogen-bond acceptors (Lipinski definition) is 6. The van der Waals surface area contributed by atoms with Crippen LogP contribution in [0.3, 0.4) is 0 Å². The number of nitrogens with zero attached hydrogens (tertiary/aromatic N) is 1. The van der Waals surface area contributed by atoms with Crippen LogP contribution in [0.25, 0.3) is 0 Å². The number of hydrogen-bond donors (Lipinski definition) is 4. The molecule has 0 aliphatic heterocycles. The van der Waals surface area contributed by atoms with Gasteiger partial charge >= 0.3 is 5.97 Å². The lowest BCUT2D eigenvalue weighted by Crippen LogP contribution is -2.46. The smallest absolute Gasteiger partial charge is 0.330 e. The van der Waals surface area contributed by atoms with E-state index >= 15 is 0 Å². The monoisotopic (exact) mass is 448 g/mol. The fraction of sp³-hybridized carbons (Fsp3) is 0.333. The molecule has 0 radical (unpaired) electrons. The molecule has 0 unspecified atom stereocenters. The van der Waals surface area contributed by atoms with E-state index in [1.165, 1.54) is 25.2 Å². The molecule has 0 bridgehead atoms. The van der Waals surface area contributed by atoms with Crippen molar-refractivity contribution < 1.29 is 23.1 Å². The zero-order chi connectivity index (χ0) is 23.0. The van der Waals surface area contributed by atoms with Gasteiger partial charge in [0.05, 0.1) is 5.75 Å². The number of rotatable bonds is 10. The zero-order valence-electron chi connectivity index (χ0n) is 17.5. The van der Waals surface area contributed by atoms with Gasteiger partial charge in [0.15, 0.2) is 5.96 Å². The molecule has 0 aliphatic rings. The van der Waals surface area contributed by atoms with Gasteiger partial charge in [-0.1, -0.05) is 31.5 Å². The number of likely N-dealkylation sites (N-methyl/N-ethyl adjacent to an activating group) is 1. The summed E-state index contributed by atoms with van der Waals surface area (Å²) in [6.07, 6.45) is 1.26. The predicted octanol–water partition coefficient (Wildman–Crippen LogP) is 2.28. The third-order valence-electron chi connectivity index (χ3n) is 4.60. The number of nitrogens with two attached hydrogens (primary N) is 1. The van der Waals surface area contributed by atoms with Crippen molar-refractivity contribution in [2.24, 2.45) is 5.73 Å². The van der Waals surface area contributed by atoms with E-state index in [2.05, 4.69) is 5.32 Å². The van der Waals surface area contributed by atoms with Crippen LogP contribution in [0.15, 0.2) is 48.5 Å². The molecule has 31 heavy (non-hydrogen) atoms. The van der Waals surface area contributed by atoms with Crippen molar-refractivity contribution in [3.05, 3.63) is 54.1 Å². The minimum absolute atomic E-state index is 0.0709. The maximum Gasteiger partial charge on any atom is 0.330 e. The highest BCUT2D eigenvalue weighted by molar-refractivity contribution is 7.89. The van der Waals surface area contributed by atoms with Crippen LogP contribution < -0.4 is 15.8 Å². The molecule has 0 saturated heterocycles. The number of ether oxygens (including phenoxy) is 1. The van der Waals surface area contributed by atoms with Crippen LogP contribution in [0.5, 0.6) is 11.5 Å². The molecular weight excluding hydrogens is 420 g/mol. The van der Waals surface area contributed by atoms with Crippen LogP contribution in [0, 0.1) is 5.41 Å². The van der Waals surface area contributed by atoms with Crippen LogP contribution in [0.2, 0.25) is 0 Å². The Bertz CT molecular complexity index is 1010. The summed E-state index contributed by atoms with van der Waals surface area (Å²) in [4.78, 5) is 13.0. The Morgan fingerprint density at radius 2 is 1.94 bits per heavy atom. The standard InChI is InChI=1S/C21H28N4O5S/c1-3-4-12-31(28,29)25(2)19(13-15-8-10-17(26)11-9-15)20(27)30-18-7-5-6-16(14-18)24-21(22)23/h5-11,14,19,26H,3-4,12-13H2,1-2H3,(H4,22,23,24)/t19-/m0/s1. The molecule has 0 spiro atoms. The largest absolute Gasteiger partial charge is 0.508 e. The number of carbonyl (C=O) groups excluding carboxylic acids is 1. The zero-order valence-corrected chi connectivity index (χ0v) is 18.4. The van der Waals surface area contributed by atoms with Crippen molar-refractivity contribution >= 4 is 27.6 Å². The molecule has 0 aromatic heterocycles. The van der Waals surface area contributed by atoms with Gasteiger partial charge < -0.3 is 20.9 Å². The molecule has 5 N–H and O–H groups in total. The Labute approximate surface area is 182 Å². The number of guanidine groups is 1. The van der Waals surface area contributed by atoms with E-state index < -0.39 is 22.0 Å². The third-order valence-corrected chi connectivity index (χ3v) is 6.54. The SMILES string of the molecule is CCCCS(=O)(=O)N(C)[C@@H](Cc1ccc(O)cc1)C(=O)Oc1cccc(NC(=N)N)c1. The molecule has 9 nitrogen and oxygen atoms in total. The van der Waals surface area contributed by atoms with Gasteiger partial charge in [-0.3, -0.25) is 5.41 Å². The van der Waals surface area contributed by atoms with Gasteiger partial charge in [0.2, 0.25) is 10.0 Å². The average Bonchev–Trinajstić information content (AvgIpc) is 2.71. The minimum atomic E-state index is -3.69. The summed E-state index contributed by atoms with van der Waals surface area (Å²) < 4.78 is 32.0. The van der Waals surface area contributed by atoms with Crippen molar-refractivity contribution in [1.82, 2.24) is 4.31 Å². The second-order valence-electron chi connectivity index (χ2n) is 7.06. The number of carbonyl (C=O) groups is 1. The van der Waals surface area contributed by atoms with Crippen molar-refractivity contribution in [3.63, 3.8) is 0 Å². The quantitative estimate of drug-likeness (QED) is 0.189. The van der Waals surface area contributed by atoms with Crippen molar-refractivity contribution in [1.29, 1.82) is 5.41 Å². The Morgan fingerprint density at radius 1 is 1.26 bits per heavy atom. The lowest BCUT2D eigenvalue weighted by atomic mass is 10.1. The highest BCUT2D eigenvalue weighted by atomic mass is 32.2. The fourth-order valence-corrected chi connectivity index (χ4v) is 4.35. The van der Waals surface area contributed by atoms with Crippen molar-refractivity contribution in [2.45, 2.75) is 32.2 Å². The van der Waals surface area contributed by atoms with Gasteiger partial charge in [0.25, 0.3) is 0 Å². The molecule has 0 heterocycles.